The Hall–Kier alpha value is -1.23. The normalized spacial score (nSPS) is 11.2. The Morgan fingerprint density at radius 3 is 2.29 bits per heavy atom. The van der Waals surface area contributed by atoms with Gasteiger partial charge in [0.2, 0.25) is 0 Å². The number of carbonyl (C=O) groups is 1. The third-order valence-electron chi connectivity index (χ3n) is 2.11. The first kappa shape index (κ1) is 13.8. The first-order chi connectivity index (χ1) is 8.27. The summed E-state index contributed by atoms with van der Waals surface area (Å²) in [5, 5.41) is -0.0300. The van der Waals surface area contributed by atoms with Crippen molar-refractivity contribution in [3.63, 3.8) is 0 Å². The highest BCUT2D eigenvalue weighted by Crippen LogP contribution is 2.02. The van der Waals surface area contributed by atoms with Crippen molar-refractivity contribution in [1.29, 1.82) is 0 Å². The van der Waals surface area contributed by atoms with Gasteiger partial charge in [-0.25, -0.2) is 0 Å². The van der Waals surface area contributed by atoms with Crippen LogP contribution in [0.1, 0.15) is 19.4 Å². The summed E-state index contributed by atoms with van der Waals surface area (Å²) in [5.41, 5.74) is 1.00. The summed E-state index contributed by atoms with van der Waals surface area (Å²) in [6, 6.07) is 9.70. The number of hydrogen-bond donors (Lipinski definition) is 0. The number of hydrogen-bond acceptors (Lipinski definition) is 3. The van der Waals surface area contributed by atoms with Crippen molar-refractivity contribution in [2.75, 3.05) is 13.2 Å². The van der Waals surface area contributed by atoms with E-state index in [1.165, 1.54) is 0 Å². The zero-order chi connectivity index (χ0) is 12.5. The maximum absolute atomic E-state index is 11.8. The molecule has 1 rings (SSSR count). The van der Waals surface area contributed by atoms with Crippen molar-refractivity contribution in [3.8, 4) is 0 Å². The van der Waals surface area contributed by atoms with Gasteiger partial charge in [-0.1, -0.05) is 36.4 Å². The second-order valence-corrected chi connectivity index (χ2v) is 5.29. The minimum Gasteiger partial charge on any atom is -0.392 e. The summed E-state index contributed by atoms with van der Waals surface area (Å²) in [4.78, 5) is 11.8. The Kier molecular flexibility index (Phi) is 6.46. The minimum absolute atomic E-state index is 0.0300. The molecule has 0 N–H and O–H groups in total. The highest BCUT2D eigenvalue weighted by Gasteiger charge is 2.20. The summed E-state index contributed by atoms with van der Waals surface area (Å²) >= 11 is 0. The second kappa shape index (κ2) is 7.95. The number of allylic oxidation sites excluding steroid dienone is 1. The van der Waals surface area contributed by atoms with Crippen LogP contribution in [0.2, 0.25) is 0 Å². The van der Waals surface area contributed by atoms with Crippen LogP contribution in [0.5, 0.6) is 0 Å². The second-order valence-electron chi connectivity index (χ2n) is 3.39. The Bertz CT molecular complexity index is 356. The standard InChI is InChI=1S/C13H18O3Si/c1-3-15-17(16-4-2)13(14)11-10-12-8-6-5-7-9-12/h5-11,17H,3-4H2,1-2H3. The van der Waals surface area contributed by atoms with Gasteiger partial charge in [0.05, 0.1) is 0 Å². The van der Waals surface area contributed by atoms with E-state index in [2.05, 4.69) is 0 Å². The molecule has 0 aliphatic carbocycles. The molecule has 0 amide bonds. The van der Waals surface area contributed by atoms with Crippen molar-refractivity contribution in [3.05, 3.63) is 42.0 Å². The van der Waals surface area contributed by atoms with Crippen LogP contribution in [0.25, 0.3) is 6.08 Å². The molecule has 0 atom stereocenters. The molecule has 1 aromatic rings. The van der Waals surface area contributed by atoms with E-state index >= 15 is 0 Å². The van der Waals surface area contributed by atoms with Crippen molar-refractivity contribution >= 4 is 20.8 Å². The molecule has 0 aliphatic heterocycles. The summed E-state index contributed by atoms with van der Waals surface area (Å²) < 4.78 is 10.7. The number of benzene rings is 1. The SMILES string of the molecule is CCO[SiH](OCC)C(=O)C=Cc1ccccc1. The van der Waals surface area contributed by atoms with Crippen LogP contribution in [0.3, 0.4) is 0 Å². The zero-order valence-electron chi connectivity index (χ0n) is 10.3. The molecule has 1 aromatic carbocycles. The van der Waals surface area contributed by atoms with Gasteiger partial charge in [0, 0.05) is 13.2 Å². The third-order valence-corrected chi connectivity index (χ3v) is 4.04. The van der Waals surface area contributed by atoms with Crippen LogP contribution in [0.15, 0.2) is 36.4 Å². The van der Waals surface area contributed by atoms with Gasteiger partial charge in [0.1, 0.15) is 0 Å². The van der Waals surface area contributed by atoms with Gasteiger partial charge in [0.25, 0.3) is 0 Å². The monoisotopic (exact) mass is 250 g/mol. The number of carbonyl (C=O) groups excluding carboxylic acids is 1. The third kappa shape index (κ3) is 5.08. The molecule has 0 aliphatic rings. The van der Waals surface area contributed by atoms with E-state index < -0.39 is 9.28 Å². The Balaban J connectivity index is 2.60. The maximum atomic E-state index is 11.8. The fourth-order valence-electron chi connectivity index (χ4n) is 1.34. The van der Waals surface area contributed by atoms with E-state index in [1.807, 2.05) is 44.2 Å². The van der Waals surface area contributed by atoms with Gasteiger partial charge in [-0.3, -0.25) is 4.79 Å². The van der Waals surface area contributed by atoms with Crippen molar-refractivity contribution in [2.24, 2.45) is 0 Å². The largest absolute Gasteiger partial charge is 0.399 e. The maximum Gasteiger partial charge on any atom is 0.399 e. The average molecular weight is 250 g/mol. The molecule has 0 aromatic heterocycles. The van der Waals surface area contributed by atoms with Crippen LogP contribution in [0.4, 0.5) is 0 Å². The summed E-state index contributed by atoms with van der Waals surface area (Å²) in [6.07, 6.45) is 3.35. The summed E-state index contributed by atoms with van der Waals surface area (Å²) in [5.74, 6) is 0. The van der Waals surface area contributed by atoms with Crippen molar-refractivity contribution < 1.29 is 13.6 Å². The molecule has 0 saturated heterocycles. The lowest BCUT2D eigenvalue weighted by Gasteiger charge is -2.10. The quantitative estimate of drug-likeness (QED) is 0.549. The van der Waals surface area contributed by atoms with Gasteiger partial charge < -0.3 is 8.85 Å². The molecule has 0 saturated carbocycles. The lowest BCUT2D eigenvalue weighted by Crippen LogP contribution is -2.32. The van der Waals surface area contributed by atoms with Gasteiger partial charge in [-0.2, -0.15) is 0 Å². The highest BCUT2D eigenvalue weighted by atomic mass is 28.3. The van der Waals surface area contributed by atoms with Gasteiger partial charge >= 0.3 is 9.28 Å². The molecular formula is C13H18O3Si. The Labute approximate surface area is 104 Å². The predicted molar refractivity (Wildman–Crippen MR) is 70.9 cm³/mol. The molecule has 17 heavy (non-hydrogen) atoms. The fraction of sp³-hybridized carbons (Fsp3) is 0.308. The average Bonchev–Trinajstić information content (AvgIpc) is 2.37. The first-order valence-corrected chi connectivity index (χ1v) is 7.30. The number of rotatable bonds is 7. The molecular weight excluding hydrogens is 232 g/mol. The van der Waals surface area contributed by atoms with E-state index in [0.29, 0.717) is 13.2 Å². The molecule has 0 heterocycles. The van der Waals surface area contributed by atoms with Gasteiger partial charge in [-0.15, -0.1) is 0 Å². The van der Waals surface area contributed by atoms with Gasteiger partial charge in [0.15, 0.2) is 5.41 Å². The molecule has 92 valence electrons. The lowest BCUT2D eigenvalue weighted by molar-refractivity contribution is -0.110. The van der Waals surface area contributed by atoms with E-state index in [0.717, 1.165) is 5.56 Å². The van der Waals surface area contributed by atoms with Crippen LogP contribution < -0.4 is 0 Å². The predicted octanol–water partition coefficient (Wildman–Crippen LogP) is 2.10. The van der Waals surface area contributed by atoms with E-state index in [1.54, 1.807) is 12.2 Å². The lowest BCUT2D eigenvalue weighted by atomic mass is 10.2. The van der Waals surface area contributed by atoms with Crippen LogP contribution in [-0.4, -0.2) is 27.9 Å². The van der Waals surface area contributed by atoms with Gasteiger partial charge in [-0.05, 0) is 25.5 Å². The minimum atomic E-state index is -2.19. The molecule has 4 heteroatoms. The fourth-order valence-corrected chi connectivity index (χ4v) is 2.62. The molecule has 0 bridgehead atoms. The van der Waals surface area contributed by atoms with E-state index in [-0.39, 0.29) is 5.41 Å². The van der Waals surface area contributed by atoms with Crippen LogP contribution in [0, 0.1) is 0 Å². The van der Waals surface area contributed by atoms with Crippen LogP contribution >= 0.6 is 0 Å². The summed E-state index contributed by atoms with van der Waals surface area (Å²) in [7, 11) is -2.19. The topological polar surface area (TPSA) is 35.5 Å². The van der Waals surface area contributed by atoms with Crippen molar-refractivity contribution in [2.45, 2.75) is 13.8 Å². The molecule has 0 unspecified atom stereocenters. The molecule has 0 fully saturated rings. The molecule has 0 spiro atoms. The summed E-state index contributed by atoms with van der Waals surface area (Å²) in [6.45, 7) is 4.77. The zero-order valence-corrected chi connectivity index (χ0v) is 11.4. The molecule has 0 radical (unpaired) electrons. The van der Waals surface area contributed by atoms with Crippen LogP contribution in [-0.2, 0) is 13.6 Å². The highest BCUT2D eigenvalue weighted by molar-refractivity contribution is 6.83. The first-order valence-electron chi connectivity index (χ1n) is 5.78. The van der Waals surface area contributed by atoms with Crippen molar-refractivity contribution in [1.82, 2.24) is 0 Å². The van der Waals surface area contributed by atoms with E-state index in [4.69, 9.17) is 8.85 Å². The Morgan fingerprint density at radius 1 is 1.18 bits per heavy atom. The molecule has 3 nitrogen and oxygen atoms in total. The Morgan fingerprint density at radius 2 is 1.76 bits per heavy atom. The van der Waals surface area contributed by atoms with E-state index in [9.17, 15) is 4.79 Å². The smallest absolute Gasteiger partial charge is 0.392 e.